The van der Waals surface area contributed by atoms with E-state index in [4.69, 9.17) is 0 Å². The lowest BCUT2D eigenvalue weighted by Crippen LogP contribution is -2.40. The Hall–Kier alpha value is -2.84. The van der Waals surface area contributed by atoms with Gasteiger partial charge in [-0.2, -0.15) is 18.3 Å². The van der Waals surface area contributed by atoms with Gasteiger partial charge in [-0.1, -0.05) is 18.2 Å². The van der Waals surface area contributed by atoms with E-state index < -0.39 is 11.7 Å². The van der Waals surface area contributed by atoms with Crippen molar-refractivity contribution in [3.63, 3.8) is 0 Å². The van der Waals surface area contributed by atoms with Gasteiger partial charge in [0.15, 0.2) is 0 Å². The van der Waals surface area contributed by atoms with Crippen LogP contribution in [0.25, 0.3) is 0 Å². The predicted octanol–water partition coefficient (Wildman–Crippen LogP) is 2.99. The Kier molecular flexibility index (Phi) is 4.84. The fourth-order valence-electron chi connectivity index (χ4n) is 4.23. The first-order chi connectivity index (χ1) is 13.8. The molecule has 1 aliphatic heterocycles. The topological polar surface area (TPSA) is 78.1 Å². The number of piperidine rings is 1. The number of hydrogen-bond acceptors (Lipinski definition) is 3. The van der Waals surface area contributed by atoms with Crippen molar-refractivity contribution in [2.24, 2.45) is 11.3 Å². The molecule has 6 nitrogen and oxygen atoms in total. The Balaban J connectivity index is 1.31. The van der Waals surface area contributed by atoms with Gasteiger partial charge in [-0.25, -0.2) is 0 Å². The van der Waals surface area contributed by atoms with E-state index in [2.05, 4.69) is 15.5 Å². The number of carbonyl (C=O) groups is 2. The Morgan fingerprint density at radius 2 is 1.97 bits per heavy atom. The number of amides is 2. The van der Waals surface area contributed by atoms with E-state index in [9.17, 15) is 22.8 Å². The van der Waals surface area contributed by atoms with Crippen LogP contribution in [0.5, 0.6) is 0 Å². The Morgan fingerprint density at radius 3 is 2.62 bits per heavy atom. The van der Waals surface area contributed by atoms with Gasteiger partial charge in [0.2, 0.25) is 5.91 Å². The molecular formula is C20H21F3N4O2. The highest BCUT2D eigenvalue weighted by atomic mass is 19.4. The van der Waals surface area contributed by atoms with Gasteiger partial charge < -0.3 is 10.2 Å². The molecule has 1 spiro atoms. The first-order valence-electron chi connectivity index (χ1n) is 9.51. The smallest absolute Gasteiger partial charge is 0.352 e. The number of rotatable bonds is 4. The summed E-state index contributed by atoms with van der Waals surface area (Å²) in [5, 5.41) is 9.07. The highest BCUT2D eigenvalue weighted by Gasteiger charge is 2.58. The maximum Gasteiger partial charge on any atom is 0.416 e. The molecule has 1 aliphatic carbocycles. The molecule has 0 radical (unpaired) electrons. The SMILES string of the molecule is O=C(NCc1ccccc1C(F)(F)F)[C@H]1CC12CCN(C(=O)c1cn[nH]c1)CC2. The number of aromatic amines is 1. The summed E-state index contributed by atoms with van der Waals surface area (Å²) >= 11 is 0. The third-order valence-electron chi connectivity index (χ3n) is 6.07. The summed E-state index contributed by atoms with van der Waals surface area (Å²) in [5.41, 5.74) is -0.296. The second-order valence-electron chi connectivity index (χ2n) is 7.77. The standard InChI is InChI=1S/C20H21F3N4O2/c21-20(22,23)15-4-2-1-3-13(15)10-24-17(28)16-9-19(16)5-7-27(8-6-19)18(29)14-11-25-26-12-14/h1-4,11-12,16H,5-10H2,(H,24,28)(H,25,26)/t16-/m1/s1. The summed E-state index contributed by atoms with van der Waals surface area (Å²) in [6.45, 7) is 0.974. The Bertz CT molecular complexity index is 903. The summed E-state index contributed by atoms with van der Waals surface area (Å²) in [5.74, 6) is -0.498. The maximum absolute atomic E-state index is 13.1. The van der Waals surface area contributed by atoms with E-state index in [1.807, 2.05) is 0 Å². The molecule has 2 amide bonds. The summed E-state index contributed by atoms with van der Waals surface area (Å²) in [6.07, 6.45) is 0.739. The number of nitrogens with one attached hydrogen (secondary N) is 2. The zero-order chi connectivity index (χ0) is 20.6. The maximum atomic E-state index is 13.1. The lowest BCUT2D eigenvalue weighted by Gasteiger charge is -2.32. The minimum absolute atomic E-state index is 0.0589. The van der Waals surface area contributed by atoms with Gasteiger partial charge in [0, 0.05) is 31.7 Å². The second kappa shape index (κ2) is 7.20. The molecule has 1 saturated carbocycles. The Morgan fingerprint density at radius 1 is 1.24 bits per heavy atom. The fraction of sp³-hybridized carbons (Fsp3) is 0.450. The minimum atomic E-state index is -4.45. The third kappa shape index (κ3) is 3.86. The molecule has 2 aliphatic rings. The first kappa shape index (κ1) is 19.5. The normalized spacial score (nSPS) is 20.5. The third-order valence-corrected chi connectivity index (χ3v) is 6.07. The average molecular weight is 406 g/mol. The van der Waals surface area contributed by atoms with Crippen LogP contribution in [0.1, 0.15) is 40.7 Å². The van der Waals surface area contributed by atoms with Crippen LogP contribution >= 0.6 is 0 Å². The van der Waals surface area contributed by atoms with E-state index in [1.54, 1.807) is 11.1 Å². The number of H-pyrrole nitrogens is 1. The van der Waals surface area contributed by atoms with Gasteiger partial charge in [0.1, 0.15) is 0 Å². The van der Waals surface area contributed by atoms with E-state index in [0.717, 1.165) is 6.07 Å². The van der Waals surface area contributed by atoms with Gasteiger partial charge in [-0.05, 0) is 36.3 Å². The lowest BCUT2D eigenvalue weighted by atomic mass is 9.90. The zero-order valence-corrected chi connectivity index (χ0v) is 15.6. The molecule has 1 saturated heterocycles. The number of benzene rings is 1. The molecule has 154 valence electrons. The highest BCUT2D eigenvalue weighted by molar-refractivity contribution is 5.93. The number of alkyl halides is 3. The molecule has 2 heterocycles. The summed E-state index contributed by atoms with van der Waals surface area (Å²) < 4.78 is 39.2. The van der Waals surface area contributed by atoms with Crippen molar-refractivity contribution in [2.45, 2.75) is 32.0 Å². The predicted molar refractivity (Wildman–Crippen MR) is 97.6 cm³/mol. The largest absolute Gasteiger partial charge is 0.416 e. The van der Waals surface area contributed by atoms with Gasteiger partial charge in [-0.3, -0.25) is 14.7 Å². The quantitative estimate of drug-likeness (QED) is 0.820. The number of carbonyl (C=O) groups excluding carboxylic acids is 2. The molecule has 0 unspecified atom stereocenters. The van der Waals surface area contributed by atoms with Gasteiger partial charge >= 0.3 is 6.18 Å². The number of hydrogen-bond donors (Lipinski definition) is 2. The molecule has 9 heteroatoms. The molecule has 1 aromatic carbocycles. The molecule has 2 N–H and O–H groups in total. The van der Waals surface area contributed by atoms with Crippen molar-refractivity contribution in [1.29, 1.82) is 0 Å². The van der Waals surface area contributed by atoms with Crippen LogP contribution in [-0.4, -0.2) is 40.0 Å². The van der Waals surface area contributed by atoms with Gasteiger partial charge in [-0.15, -0.1) is 0 Å². The van der Waals surface area contributed by atoms with Crippen molar-refractivity contribution >= 4 is 11.8 Å². The van der Waals surface area contributed by atoms with Crippen molar-refractivity contribution in [3.05, 3.63) is 53.3 Å². The van der Waals surface area contributed by atoms with Crippen LogP contribution in [0, 0.1) is 11.3 Å². The highest BCUT2D eigenvalue weighted by Crippen LogP contribution is 2.59. The van der Waals surface area contributed by atoms with Crippen LogP contribution in [0.4, 0.5) is 13.2 Å². The van der Waals surface area contributed by atoms with Crippen LogP contribution in [-0.2, 0) is 17.5 Å². The number of halogens is 3. The first-order valence-corrected chi connectivity index (χ1v) is 9.51. The molecule has 4 rings (SSSR count). The zero-order valence-electron chi connectivity index (χ0n) is 15.6. The fourth-order valence-corrected chi connectivity index (χ4v) is 4.23. The van der Waals surface area contributed by atoms with Gasteiger partial charge in [0.05, 0.1) is 17.3 Å². The molecule has 0 bridgehead atoms. The Labute approximate surface area is 165 Å². The van der Waals surface area contributed by atoms with E-state index in [0.29, 0.717) is 37.9 Å². The lowest BCUT2D eigenvalue weighted by molar-refractivity contribution is -0.138. The van der Waals surface area contributed by atoms with Crippen LogP contribution in [0.15, 0.2) is 36.7 Å². The molecule has 2 aromatic rings. The van der Waals surface area contributed by atoms with E-state index in [1.165, 1.54) is 24.4 Å². The number of nitrogens with zero attached hydrogens (tertiary/aromatic N) is 2. The molecule has 1 atom stereocenters. The molecule has 2 fully saturated rings. The molecule has 29 heavy (non-hydrogen) atoms. The molecule has 1 aromatic heterocycles. The summed E-state index contributed by atoms with van der Waals surface area (Å²) in [4.78, 5) is 26.7. The summed E-state index contributed by atoms with van der Waals surface area (Å²) in [7, 11) is 0. The van der Waals surface area contributed by atoms with E-state index >= 15 is 0 Å². The molecular weight excluding hydrogens is 385 g/mol. The second-order valence-corrected chi connectivity index (χ2v) is 7.77. The van der Waals surface area contributed by atoms with E-state index in [-0.39, 0.29) is 35.3 Å². The number of likely N-dealkylation sites (tertiary alicyclic amines) is 1. The van der Waals surface area contributed by atoms with Crippen LogP contribution < -0.4 is 5.32 Å². The van der Waals surface area contributed by atoms with Crippen LogP contribution in [0.3, 0.4) is 0 Å². The van der Waals surface area contributed by atoms with Crippen molar-refractivity contribution in [2.75, 3.05) is 13.1 Å². The van der Waals surface area contributed by atoms with Crippen molar-refractivity contribution in [1.82, 2.24) is 20.4 Å². The van der Waals surface area contributed by atoms with Gasteiger partial charge in [0.25, 0.3) is 5.91 Å². The van der Waals surface area contributed by atoms with Crippen LogP contribution in [0.2, 0.25) is 0 Å². The number of aromatic nitrogens is 2. The minimum Gasteiger partial charge on any atom is -0.352 e. The monoisotopic (exact) mass is 406 g/mol. The van der Waals surface area contributed by atoms with Crippen molar-refractivity contribution < 1.29 is 22.8 Å². The summed E-state index contributed by atoms with van der Waals surface area (Å²) in [6, 6.07) is 5.27. The average Bonchev–Trinajstić information content (AvgIpc) is 3.14. The van der Waals surface area contributed by atoms with Crippen molar-refractivity contribution in [3.8, 4) is 0 Å².